The minimum Gasteiger partial charge on any atom is -0.490 e. The first-order chi connectivity index (χ1) is 11.8. The Morgan fingerprint density at radius 2 is 2.00 bits per heavy atom. The summed E-state index contributed by atoms with van der Waals surface area (Å²) >= 11 is 0. The van der Waals surface area contributed by atoms with Crippen molar-refractivity contribution in [2.24, 2.45) is 0 Å². The van der Waals surface area contributed by atoms with Gasteiger partial charge in [-0.25, -0.2) is 0 Å². The van der Waals surface area contributed by atoms with Gasteiger partial charge in [-0.1, -0.05) is 42.5 Å². The fourth-order valence-electron chi connectivity index (χ4n) is 3.16. The van der Waals surface area contributed by atoms with Crippen molar-refractivity contribution < 1.29 is 14.3 Å². The predicted octanol–water partition coefficient (Wildman–Crippen LogP) is 3.07. The van der Waals surface area contributed by atoms with Gasteiger partial charge >= 0.3 is 0 Å². The molecule has 0 radical (unpaired) electrons. The number of carbonyl (C=O) groups is 1. The first-order valence-corrected chi connectivity index (χ1v) is 8.19. The molecule has 4 heteroatoms. The van der Waals surface area contributed by atoms with E-state index in [9.17, 15) is 4.79 Å². The van der Waals surface area contributed by atoms with Crippen molar-refractivity contribution in [1.29, 1.82) is 0 Å². The highest BCUT2D eigenvalue weighted by Gasteiger charge is 2.28. The van der Waals surface area contributed by atoms with Crippen molar-refractivity contribution in [3.8, 4) is 5.75 Å². The number of amides is 1. The maximum Gasteiger partial charge on any atom is 0.253 e. The fourth-order valence-corrected chi connectivity index (χ4v) is 3.16. The van der Waals surface area contributed by atoms with Gasteiger partial charge in [0.25, 0.3) is 5.91 Å². The number of nitrogens with zero attached hydrogens (tertiary/aromatic N) is 1. The second-order valence-electron chi connectivity index (χ2n) is 6.01. The van der Waals surface area contributed by atoms with E-state index in [1.165, 1.54) is 11.1 Å². The SMILES string of the molecule is O=C1COC(COc2cccc3c2CC=C3)CN1c1ccccc1. The van der Waals surface area contributed by atoms with Gasteiger partial charge in [0.2, 0.25) is 0 Å². The number of fused-ring (bicyclic) bond motifs is 1. The number of rotatable bonds is 4. The zero-order valence-electron chi connectivity index (χ0n) is 13.4. The number of hydrogen-bond acceptors (Lipinski definition) is 3. The first kappa shape index (κ1) is 15.0. The summed E-state index contributed by atoms with van der Waals surface area (Å²) in [4.78, 5) is 13.9. The van der Waals surface area contributed by atoms with Gasteiger partial charge in [0.15, 0.2) is 0 Å². The van der Waals surface area contributed by atoms with Gasteiger partial charge in [0, 0.05) is 11.3 Å². The summed E-state index contributed by atoms with van der Waals surface area (Å²) in [6, 6.07) is 15.8. The lowest BCUT2D eigenvalue weighted by Crippen LogP contribution is -2.48. The Hall–Kier alpha value is -2.59. The number of anilines is 1. The molecular formula is C20H19NO3. The van der Waals surface area contributed by atoms with Crippen LogP contribution in [0.4, 0.5) is 5.69 Å². The Bertz CT molecular complexity index is 770. The van der Waals surface area contributed by atoms with Crippen molar-refractivity contribution in [2.45, 2.75) is 12.5 Å². The average molecular weight is 321 g/mol. The van der Waals surface area contributed by atoms with Crippen LogP contribution in [-0.2, 0) is 16.0 Å². The van der Waals surface area contributed by atoms with E-state index in [1.807, 2.05) is 42.5 Å². The number of carbonyl (C=O) groups excluding carboxylic acids is 1. The Labute approximate surface area is 141 Å². The smallest absolute Gasteiger partial charge is 0.253 e. The Balaban J connectivity index is 1.43. The van der Waals surface area contributed by atoms with Gasteiger partial charge in [0.05, 0.1) is 6.54 Å². The molecule has 4 rings (SSSR count). The lowest BCUT2D eigenvalue weighted by atomic mass is 10.1. The zero-order valence-corrected chi connectivity index (χ0v) is 13.4. The summed E-state index contributed by atoms with van der Waals surface area (Å²) in [6.45, 7) is 1.04. The van der Waals surface area contributed by atoms with E-state index in [-0.39, 0.29) is 18.6 Å². The highest BCUT2D eigenvalue weighted by Crippen LogP contribution is 2.29. The molecule has 1 aliphatic heterocycles. The van der Waals surface area contributed by atoms with Crippen LogP contribution in [0.1, 0.15) is 11.1 Å². The number of allylic oxidation sites excluding steroid dienone is 1. The predicted molar refractivity (Wildman–Crippen MR) is 93.2 cm³/mol. The van der Waals surface area contributed by atoms with Crippen LogP contribution in [0.5, 0.6) is 5.75 Å². The van der Waals surface area contributed by atoms with Crippen LogP contribution >= 0.6 is 0 Å². The molecule has 2 aromatic rings. The van der Waals surface area contributed by atoms with Crippen LogP contribution in [0.3, 0.4) is 0 Å². The summed E-state index contributed by atoms with van der Waals surface area (Å²) in [5.74, 6) is 0.895. The molecule has 1 heterocycles. The van der Waals surface area contributed by atoms with E-state index in [0.29, 0.717) is 13.2 Å². The molecule has 24 heavy (non-hydrogen) atoms. The third kappa shape index (κ3) is 2.93. The van der Waals surface area contributed by atoms with Crippen molar-refractivity contribution in [2.75, 3.05) is 24.7 Å². The van der Waals surface area contributed by atoms with Gasteiger partial charge in [0.1, 0.15) is 25.1 Å². The Morgan fingerprint density at radius 3 is 2.88 bits per heavy atom. The van der Waals surface area contributed by atoms with Crippen LogP contribution in [-0.4, -0.2) is 31.8 Å². The molecule has 0 N–H and O–H groups in total. The molecule has 1 fully saturated rings. The van der Waals surface area contributed by atoms with Crippen molar-refractivity contribution in [1.82, 2.24) is 0 Å². The van der Waals surface area contributed by atoms with E-state index < -0.39 is 0 Å². The summed E-state index contributed by atoms with van der Waals surface area (Å²) in [5.41, 5.74) is 3.35. The number of para-hydroxylation sites is 1. The molecule has 122 valence electrons. The van der Waals surface area contributed by atoms with E-state index in [4.69, 9.17) is 9.47 Å². The van der Waals surface area contributed by atoms with Gasteiger partial charge < -0.3 is 14.4 Å². The van der Waals surface area contributed by atoms with Crippen molar-refractivity contribution in [3.05, 3.63) is 65.7 Å². The van der Waals surface area contributed by atoms with Crippen molar-refractivity contribution >= 4 is 17.7 Å². The van der Waals surface area contributed by atoms with Gasteiger partial charge in [-0.2, -0.15) is 0 Å². The molecule has 1 amide bonds. The molecule has 4 nitrogen and oxygen atoms in total. The molecule has 0 saturated carbocycles. The first-order valence-electron chi connectivity index (χ1n) is 8.19. The molecule has 2 aliphatic rings. The third-order valence-electron chi connectivity index (χ3n) is 4.41. The molecule has 1 saturated heterocycles. The van der Waals surface area contributed by atoms with E-state index >= 15 is 0 Å². The molecule has 0 aromatic heterocycles. The van der Waals surface area contributed by atoms with Gasteiger partial charge in [-0.3, -0.25) is 4.79 Å². The standard InChI is InChI=1S/C20H19NO3/c22-20-14-23-17(12-21(20)16-8-2-1-3-9-16)13-24-19-11-5-7-15-6-4-10-18(15)19/h1-9,11,17H,10,12-14H2. The molecule has 0 bridgehead atoms. The highest BCUT2D eigenvalue weighted by molar-refractivity contribution is 5.94. The van der Waals surface area contributed by atoms with E-state index in [2.05, 4.69) is 18.2 Å². The highest BCUT2D eigenvalue weighted by atomic mass is 16.5. The zero-order chi connectivity index (χ0) is 16.4. The number of benzene rings is 2. The maximum absolute atomic E-state index is 12.1. The molecule has 1 unspecified atom stereocenters. The minimum atomic E-state index is -0.131. The van der Waals surface area contributed by atoms with Crippen LogP contribution in [0, 0.1) is 0 Å². The Morgan fingerprint density at radius 1 is 1.12 bits per heavy atom. The minimum absolute atomic E-state index is 0.0118. The van der Waals surface area contributed by atoms with Gasteiger partial charge in [-0.15, -0.1) is 0 Å². The summed E-state index contributed by atoms with van der Waals surface area (Å²) in [7, 11) is 0. The Kier molecular flexibility index (Phi) is 4.05. The number of morpholine rings is 1. The molecule has 1 atom stereocenters. The van der Waals surface area contributed by atoms with E-state index in [1.54, 1.807) is 4.90 Å². The van der Waals surface area contributed by atoms with Crippen LogP contribution in [0.15, 0.2) is 54.6 Å². The quantitative estimate of drug-likeness (QED) is 0.869. The van der Waals surface area contributed by atoms with Gasteiger partial charge in [-0.05, 0) is 30.2 Å². The largest absolute Gasteiger partial charge is 0.490 e. The molecule has 0 spiro atoms. The fraction of sp³-hybridized carbons (Fsp3) is 0.250. The number of hydrogen-bond donors (Lipinski definition) is 0. The summed E-state index contributed by atoms with van der Waals surface area (Å²) in [5, 5.41) is 0. The lowest BCUT2D eigenvalue weighted by Gasteiger charge is -2.32. The van der Waals surface area contributed by atoms with Crippen LogP contribution in [0.25, 0.3) is 6.08 Å². The lowest BCUT2D eigenvalue weighted by molar-refractivity contribution is -0.130. The second-order valence-corrected chi connectivity index (χ2v) is 6.01. The van der Waals surface area contributed by atoms with E-state index in [0.717, 1.165) is 17.9 Å². The monoisotopic (exact) mass is 321 g/mol. The maximum atomic E-state index is 12.1. The molecule has 1 aliphatic carbocycles. The van der Waals surface area contributed by atoms with Crippen LogP contribution < -0.4 is 9.64 Å². The average Bonchev–Trinajstić information content (AvgIpc) is 3.11. The van der Waals surface area contributed by atoms with Crippen molar-refractivity contribution in [3.63, 3.8) is 0 Å². The summed E-state index contributed by atoms with van der Waals surface area (Å²) in [6.07, 6.45) is 5.04. The number of ether oxygens (including phenoxy) is 2. The molecular weight excluding hydrogens is 302 g/mol. The molecule has 2 aromatic carbocycles. The summed E-state index contributed by atoms with van der Waals surface area (Å²) < 4.78 is 11.7. The third-order valence-corrected chi connectivity index (χ3v) is 4.41. The normalized spacial score (nSPS) is 19.4. The topological polar surface area (TPSA) is 38.8 Å². The second kappa shape index (κ2) is 6.49. The van der Waals surface area contributed by atoms with Crippen LogP contribution in [0.2, 0.25) is 0 Å².